The van der Waals surface area contributed by atoms with Crippen molar-refractivity contribution >= 4 is 0 Å². The first kappa shape index (κ1) is 18.0. The van der Waals surface area contributed by atoms with Crippen molar-refractivity contribution in [1.82, 2.24) is 5.32 Å². The summed E-state index contributed by atoms with van der Waals surface area (Å²) in [6.07, 6.45) is 1.94. The van der Waals surface area contributed by atoms with E-state index in [1.54, 1.807) is 14.2 Å². The Labute approximate surface area is 128 Å². The molecule has 2 unspecified atom stereocenters. The van der Waals surface area contributed by atoms with E-state index in [-0.39, 0.29) is 12.6 Å². The summed E-state index contributed by atoms with van der Waals surface area (Å²) in [4.78, 5) is 0. The number of benzene rings is 1. The van der Waals surface area contributed by atoms with Gasteiger partial charge in [-0.3, -0.25) is 0 Å². The summed E-state index contributed by atoms with van der Waals surface area (Å²) in [7, 11) is 3.37. The summed E-state index contributed by atoms with van der Waals surface area (Å²) in [6.45, 7) is 6.05. The number of aliphatic hydroxyl groups excluding tert-OH is 1. The number of hydrogen-bond acceptors (Lipinski definition) is 4. The fourth-order valence-corrected chi connectivity index (χ4v) is 2.43. The Morgan fingerprint density at radius 1 is 1.29 bits per heavy atom. The Bertz CT molecular complexity index is 409. The number of methoxy groups -OCH3 is 2. The van der Waals surface area contributed by atoms with Crippen molar-refractivity contribution in [3.8, 4) is 5.75 Å². The molecule has 0 aromatic heterocycles. The van der Waals surface area contributed by atoms with Gasteiger partial charge in [-0.15, -0.1) is 0 Å². The molecule has 0 radical (unpaired) electrons. The average molecular weight is 295 g/mol. The second-order valence-corrected chi connectivity index (χ2v) is 5.42. The molecule has 1 aromatic rings. The number of ether oxygens (including phenoxy) is 2. The maximum Gasteiger partial charge on any atom is 0.124 e. The zero-order valence-electron chi connectivity index (χ0n) is 13.7. The Morgan fingerprint density at radius 3 is 2.62 bits per heavy atom. The van der Waals surface area contributed by atoms with E-state index in [4.69, 9.17) is 14.6 Å². The van der Waals surface area contributed by atoms with Crippen LogP contribution in [0.15, 0.2) is 18.2 Å². The number of nitrogens with one attached hydrogen (secondary N) is 1. The average Bonchev–Trinajstić information content (AvgIpc) is 2.51. The van der Waals surface area contributed by atoms with E-state index in [2.05, 4.69) is 31.3 Å². The van der Waals surface area contributed by atoms with E-state index >= 15 is 0 Å². The van der Waals surface area contributed by atoms with Crippen molar-refractivity contribution in [2.75, 3.05) is 27.4 Å². The van der Waals surface area contributed by atoms with Gasteiger partial charge in [0.25, 0.3) is 0 Å². The normalized spacial score (nSPS) is 14.0. The van der Waals surface area contributed by atoms with Crippen LogP contribution in [0, 0.1) is 5.92 Å². The maximum atomic E-state index is 9.05. The van der Waals surface area contributed by atoms with Gasteiger partial charge in [0.1, 0.15) is 5.75 Å². The highest BCUT2D eigenvalue weighted by atomic mass is 16.5. The summed E-state index contributed by atoms with van der Waals surface area (Å²) in [6, 6.07) is 6.47. The molecule has 0 heterocycles. The lowest BCUT2D eigenvalue weighted by Gasteiger charge is -2.20. The fourth-order valence-electron chi connectivity index (χ4n) is 2.43. The SMILES string of the molecule is CCC(CCO)CNC(C)c1ccc(OC)c(COC)c1. The van der Waals surface area contributed by atoms with Crippen molar-refractivity contribution in [3.63, 3.8) is 0 Å². The van der Waals surface area contributed by atoms with Crippen molar-refractivity contribution < 1.29 is 14.6 Å². The minimum absolute atomic E-state index is 0.259. The Kier molecular flexibility index (Phi) is 8.35. The van der Waals surface area contributed by atoms with Gasteiger partial charge in [-0.1, -0.05) is 19.4 Å². The van der Waals surface area contributed by atoms with E-state index in [1.165, 1.54) is 5.56 Å². The lowest BCUT2D eigenvalue weighted by Crippen LogP contribution is -2.26. The summed E-state index contributed by atoms with van der Waals surface area (Å²) in [5, 5.41) is 12.6. The third kappa shape index (κ3) is 5.65. The van der Waals surface area contributed by atoms with Crippen LogP contribution in [-0.2, 0) is 11.3 Å². The largest absolute Gasteiger partial charge is 0.496 e. The van der Waals surface area contributed by atoms with Crippen LogP contribution in [-0.4, -0.2) is 32.5 Å². The first-order valence-corrected chi connectivity index (χ1v) is 7.66. The monoisotopic (exact) mass is 295 g/mol. The smallest absolute Gasteiger partial charge is 0.124 e. The molecule has 21 heavy (non-hydrogen) atoms. The second kappa shape index (κ2) is 9.77. The second-order valence-electron chi connectivity index (χ2n) is 5.42. The fraction of sp³-hybridized carbons (Fsp3) is 0.647. The van der Waals surface area contributed by atoms with Crippen LogP contribution in [0.1, 0.15) is 43.9 Å². The molecule has 0 amide bonds. The zero-order valence-corrected chi connectivity index (χ0v) is 13.7. The molecule has 4 heteroatoms. The van der Waals surface area contributed by atoms with Crippen LogP contribution in [0.4, 0.5) is 0 Å². The van der Waals surface area contributed by atoms with E-state index in [1.807, 2.05) is 6.07 Å². The molecule has 0 fully saturated rings. The van der Waals surface area contributed by atoms with Gasteiger partial charge in [0.2, 0.25) is 0 Å². The van der Waals surface area contributed by atoms with Crippen molar-refractivity contribution in [2.45, 2.75) is 39.3 Å². The molecule has 4 nitrogen and oxygen atoms in total. The van der Waals surface area contributed by atoms with Crippen molar-refractivity contribution in [1.29, 1.82) is 0 Å². The van der Waals surface area contributed by atoms with Crippen LogP contribution in [0.25, 0.3) is 0 Å². The minimum atomic E-state index is 0.259. The molecule has 0 aliphatic carbocycles. The molecule has 1 rings (SSSR count). The molecular formula is C17H29NO3. The topological polar surface area (TPSA) is 50.7 Å². The molecule has 2 N–H and O–H groups in total. The molecular weight excluding hydrogens is 266 g/mol. The van der Waals surface area contributed by atoms with E-state index < -0.39 is 0 Å². The van der Waals surface area contributed by atoms with Gasteiger partial charge in [0.05, 0.1) is 13.7 Å². The van der Waals surface area contributed by atoms with Crippen LogP contribution < -0.4 is 10.1 Å². The number of rotatable bonds is 10. The summed E-state index contributed by atoms with van der Waals surface area (Å²) >= 11 is 0. The third-order valence-electron chi connectivity index (χ3n) is 3.93. The standard InChI is InChI=1S/C17H29NO3/c1-5-14(8-9-19)11-18-13(2)15-6-7-17(21-4)16(10-15)12-20-3/h6-7,10,13-14,18-19H,5,8-9,11-12H2,1-4H3. The van der Waals surface area contributed by atoms with Gasteiger partial charge in [0.15, 0.2) is 0 Å². The lowest BCUT2D eigenvalue weighted by atomic mass is 10.0. The molecule has 1 aromatic carbocycles. The Morgan fingerprint density at radius 2 is 2.05 bits per heavy atom. The maximum absolute atomic E-state index is 9.05. The van der Waals surface area contributed by atoms with Gasteiger partial charge in [-0.25, -0.2) is 0 Å². The van der Waals surface area contributed by atoms with E-state index in [0.29, 0.717) is 12.5 Å². The molecule has 2 atom stereocenters. The summed E-state index contributed by atoms with van der Waals surface area (Å²) < 4.78 is 10.6. The summed E-state index contributed by atoms with van der Waals surface area (Å²) in [5.41, 5.74) is 2.29. The van der Waals surface area contributed by atoms with Crippen LogP contribution in [0.5, 0.6) is 5.75 Å². The van der Waals surface area contributed by atoms with Crippen molar-refractivity contribution in [2.24, 2.45) is 5.92 Å². The highest BCUT2D eigenvalue weighted by Crippen LogP contribution is 2.24. The summed E-state index contributed by atoms with van der Waals surface area (Å²) in [5.74, 6) is 1.38. The Hall–Kier alpha value is -1.10. The van der Waals surface area contributed by atoms with Gasteiger partial charge in [-0.05, 0) is 43.5 Å². The van der Waals surface area contributed by atoms with Gasteiger partial charge in [0, 0.05) is 25.3 Å². The first-order chi connectivity index (χ1) is 10.2. The van der Waals surface area contributed by atoms with Gasteiger partial charge >= 0.3 is 0 Å². The quantitative estimate of drug-likeness (QED) is 0.697. The van der Waals surface area contributed by atoms with Gasteiger partial charge < -0.3 is 19.9 Å². The first-order valence-electron chi connectivity index (χ1n) is 7.66. The predicted octanol–water partition coefficient (Wildman–Crippen LogP) is 2.90. The van der Waals surface area contributed by atoms with Gasteiger partial charge in [-0.2, -0.15) is 0 Å². The molecule has 120 valence electrons. The molecule has 0 aliphatic heterocycles. The molecule has 0 spiro atoms. The third-order valence-corrected chi connectivity index (χ3v) is 3.93. The van der Waals surface area contributed by atoms with E-state index in [0.717, 1.165) is 30.7 Å². The Balaban J connectivity index is 2.68. The van der Waals surface area contributed by atoms with Crippen molar-refractivity contribution in [3.05, 3.63) is 29.3 Å². The number of hydrogen-bond donors (Lipinski definition) is 2. The van der Waals surface area contributed by atoms with E-state index in [9.17, 15) is 0 Å². The zero-order chi connectivity index (χ0) is 15.7. The van der Waals surface area contributed by atoms with Crippen LogP contribution >= 0.6 is 0 Å². The highest BCUT2D eigenvalue weighted by Gasteiger charge is 2.12. The minimum Gasteiger partial charge on any atom is -0.496 e. The molecule has 0 aliphatic rings. The highest BCUT2D eigenvalue weighted by molar-refractivity contribution is 5.38. The number of aliphatic hydroxyl groups is 1. The van der Waals surface area contributed by atoms with Crippen LogP contribution in [0.2, 0.25) is 0 Å². The molecule has 0 saturated heterocycles. The molecule has 0 bridgehead atoms. The predicted molar refractivity (Wildman–Crippen MR) is 85.6 cm³/mol. The molecule has 0 saturated carbocycles. The van der Waals surface area contributed by atoms with Crippen LogP contribution in [0.3, 0.4) is 0 Å². The lowest BCUT2D eigenvalue weighted by molar-refractivity contribution is 0.181.